The number of rotatable bonds is 3. The average molecular weight is 302 g/mol. The molecule has 2 aromatic rings. The Labute approximate surface area is 126 Å². The van der Waals surface area contributed by atoms with Gasteiger partial charge in [-0.25, -0.2) is 9.37 Å². The number of carbonyl (C=O) groups excluding carboxylic acids is 1. The van der Waals surface area contributed by atoms with Crippen LogP contribution in [0.1, 0.15) is 18.5 Å². The molecule has 1 aromatic carbocycles. The number of halogens is 1. The molecule has 2 heterocycles. The smallest absolute Gasteiger partial charge is 0.246 e. The molecular formula is C16H15FN2OS. The van der Waals surface area contributed by atoms with E-state index in [1.165, 1.54) is 23.5 Å². The molecule has 1 aliphatic rings. The number of aromatic nitrogens is 1. The van der Waals surface area contributed by atoms with Crippen molar-refractivity contribution < 1.29 is 9.18 Å². The van der Waals surface area contributed by atoms with Crippen LogP contribution in [0.5, 0.6) is 0 Å². The Bertz CT molecular complexity index is 657. The van der Waals surface area contributed by atoms with Crippen molar-refractivity contribution in [3.63, 3.8) is 0 Å². The first-order valence-corrected chi connectivity index (χ1v) is 7.79. The fourth-order valence-corrected chi connectivity index (χ4v) is 3.08. The lowest BCUT2D eigenvalue weighted by Gasteiger charge is -2.11. The highest BCUT2D eigenvalue weighted by Gasteiger charge is 2.15. The SMILES string of the molecule is O=C(/C=C/c1csc(-c2ccc(F)cc2)n1)N1CCCC1. The van der Waals surface area contributed by atoms with E-state index >= 15 is 0 Å². The van der Waals surface area contributed by atoms with Gasteiger partial charge in [0, 0.05) is 30.1 Å². The van der Waals surface area contributed by atoms with Gasteiger partial charge in [-0.1, -0.05) is 0 Å². The second-order valence-electron chi connectivity index (χ2n) is 4.95. The molecular weight excluding hydrogens is 287 g/mol. The molecule has 21 heavy (non-hydrogen) atoms. The Kier molecular flexibility index (Phi) is 4.10. The maximum atomic E-state index is 12.9. The monoisotopic (exact) mass is 302 g/mol. The van der Waals surface area contributed by atoms with Gasteiger partial charge in [-0.2, -0.15) is 0 Å². The Balaban J connectivity index is 1.70. The highest BCUT2D eigenvalue weighted by molar-refractivity contribution is 7.13. The number of carbonyl (C=O) groups is 1. The molecule has 1 aliphatic heterocycles. The molecule has 0 unspecified atom stereocenters. The first kappa shape index (κ1) is 13.9. The lowest BCUT2D eigenvalue weighted by Crippen LogP contribution is -2.25. The van der Waals surface area contributed by atoms with Gasteiger partial charge in [0.25, 0.3) is 0 Å². The normalized spacial score (nSPS) is 15.0. The van der Waals surface area contributed by atoms with E-state index in [0.29, 0.717) is 0 Å². The summed E-state index contributed by atoms with van der Waals surface area (Å²) in [6.07, 6.45) is 5.50. The van der Waals surface area contributed by atoms with Crippen LogP contribution in [0.4, 0.5) is 4.39 Å². The van der Waals surface area contributed by atoms with E-state index in [0.717, 1.165) is 42.2 Å². The Hall–Kier alpha value is -2.01. The number of hydrogen-bond acceptors (Lipinski definition) is 3. The van der Waals surface area contributed by atoms with Crippen LogP contribution < -0.4 is 0 Å². The Morgan fingerprint density at radius 1 is 1.24 bits per heavy atom. The summed E-state index contributed by atoms with van der Waals surface area (Å²) in [6.45, 7) is 1.70. The third-order valence-electron chi connectivity index (χ3n) is 3.43. The van der Waals surface area contributed by atoms with Crippen molar-refractivity contribution in [3.05, 3.63) is 47.2 Å². The minimum atomic E-state index is -0.258. The molecule has 0 radical (unpaired) electrons. The van der Waals surface area contributed by atoms with Gasteiger partial charge in [0.05, 0.1) is 5.69 Å². The van der Waals surface area contributed by atoms with E-state index in [1.807, 2.05) is 10.3 Å². The molecule has 0 atom stereocenters. The van der Waals surface area contributed by atoms with Crippen LogP contribution in [-0.2, 0) is 4.79 Å². The third-order valence-corrected chi connectivity index (χ3v) is 4.34. The molecule has 108 valence electrons. The average Bonchev–Trinajstić information content (AvgIpc) is 3.17. The zero-order chi connectivity index (χ0) is 14.7. The van der Waals surface area contributed by atoms with Crippen molar-refractivity contribution in [1.82, 2.24) is 9.88 Å². The minimum absolute atomic E-state index is 0.0452. The fraction of sp³-hybridized carbons (Fsp3) is 0.250. The van der Waals surface area contributed by atoms with Crippen LogP contribution in [0.15, 0.2) is 35.7 Å². The number of hydrogen-bond donors (Lipinski definition) is 0. The van der Waals surface area contributed by atoms with Gasteiger partial charge in [0.2, 0.25) is 5.91 Å². The van der Waals surface area contributed by atoms with Crippen LogP contribution in [0, 0.1) is 5.82 Å². The predicted molar refractivity (Wildman–Crippen MR) is 82.4 cm³/mol. The third kappa shape index (κ3) is 3.36. The molecule has 1 saturated heterocycles. The van der Waals surface area contributed by atoms with Gasteiger partial charge in [-0.3, -0.25) is 4.79 Å². The van der Waals surface area contributed by atoms with E-state index in [9.17, 15) is 9.18 Å². The van der Waals surface area contributed by atoms with Crippen molar-refractivity contribution in [2.24, 2.45) is 0 Å². The molecule has 0 bridgehead atoms. The van der Waals surface area contributed by atoms with Crippen LogP contribution in [0.3, 0.4) is 0 Å². The molecule has 3 rings (SSSR count). The summed E-state index contributed by atoms with van der Waals surface area (Å²) in [5.41, 5.74) is 1.64. The number of thiazole rings is 1. The van der Waals surface area contributed by atoms with Gasteiger partial charge >= 0.3 is 0 Å². The van der Waals surface area contributed by atoms with E-state index in [-0.39, 0.29) is 11.7 Å². The second-order valence-corrected chi connectivity index (χ2v) is 5.81. The van der Waals surface area contributed by atoms with E-state index in [2.05, 4.69) is 4.98 Å². The van der Waals surface area contributed by atoms with Crippen molar-refractivity contribution >= 4 is 23.3 Å². The van der Waals surface area contributed by atoms with E-state index < -0.39 is 0 Å². The maximum Gasteiger partial charge on any atom is 0.246 e. The van der Waals surface area contributed by atoms with Crippen LogP contribution in [0.25, 0.3) is 16.6 Å². The zero-order valence-electron chi connectivity index (χ0n) is 11.5. The molecule has 0 N–H and O–H groups in total. The Morgan fingerprint density at radius 3 is 2.67 bits per heavy atom. The highest BCUT2D eigenvalue weighted by Crippen LogP contribution is 2.24. The Morgan fingerprint density at radius 2 is 1.95 bits per heavy atom. The predicted octanol–water partition coefficient (Wildman–Crippen LogP) is 3.58. The summed E-state index contributed by atoms with van der Waals surface area (Å²) in [5, 5.41) is 2.72. The number of benzene rings is 1. The largest absolute Gasteiger partial charge is 0.339 e. The molecule has 0 aliphatic carbocycles. The van der Waals surface area contributed by atoms with Gasteiger partial charge in [-0.05, 0) is 43.2 Å². The standard InChI is InChI=1S/C16H15FN2OS/c17-13-5-3-12(4-6-13)16-18-14(11-21-16)7-8-15(20)19-9-1-2-10-19/h3-8,11H,1-2,9-10H2/b8-7+. The van der Waals surface area contributed by atoms with E-state index in [1.54, 1.807) is 24.3 Å². The molecule has 3 nitrogen and oxygen atoms in total. The molecule has 1 aromatic heterocycles. The van der Waals surface area contributed by atoms with Crippen molar-refractivity contribution in [2.45, 2.75) is 12.8 Å². The van der Waals surface area contributed by atoms with Gasteiger partial charge in [0.15, 0.2) is 0 Å². The highest BCUT2D eigenvalue weighted by atomic mass is 32.1. The first-order valence-electron chi connectivity index (χ1n) is 6.91. The number of nitrogens with zero attached hydrogens (tertiary/aromatic N) is 2. The summed E-state index contributed by atoms with van der Waals surface area (Å²) < 4.78 is 12.9. The van der Waals surface area contributed by atoms with Gasteiger partial charge in [0.1, 0.15) is 10.8 Å². The lowest BCUT2D eigenvalue weighted by atomic mass is 10.2. The van der Waals surface area contributed by atoms with Crippen LogP contribution in [0.2, 0.25) is 0 Å². The van der Waals surface area contributed by atoms with Crippen molar-refractivity contribution in [1.29, 1.82) is 0 Å². The minimum Gasteiger partial charge on any atom is -0.339 e. The van der Waals surface area contributed by atoms with Crippen LogP contribution in [-0.4, -0.2) is 28.9 Å². The molecule has 1 amide bonds. The summed E-state index contributed by atoms with van der Waals surface area (Å²) in [4.78, 5) is 18.2. The second kappa shape index (κ2) is 6.18. The zero-order valence-corrected chi connectivity index (χ0v) is 12.3. The van der Waals surface area contributed by atoms with Gasteiger partial charge < -0.3 is 4.90 Å². The molecule has 1 fully saturated rings. The lowest BCUT2D eigenvalue weighted by molar-refractivity contribution is -0.124. The quantitative estimate of drug-likeness (QED) is 0.812. The van der Waals surface area contributed by atoms with Crippen molar-refractivity contribution in [2.75, 3.05) is 13.1 Å². The van der Waals surface area contributed by atoms with E-state index in [4.69, 9.17) is 0 Å². The number of likely N-dealkylation sites (tertiary alicyclic amines) is 1. The summed E-state index contributed by atoms with van der Waals surface area (Å²) in [6, 6.07) is 6.25. The van der Waals surface area contributed by atoms with Crippen molar-refractivity contribution in [3.8, 4) is 10.6 Å². The molecule has 5 heteroatoms. The summed E-state index contributed by atoms with van der Waals surface area (Å²) in [7, 11) is 0. The summed E-state index contributed by atoms with van der Waals surface area (Å²) in [5.74, 6) is -0.213. The molecule has 0 spiro atoms. The topological polar surface area (TPSA) is 33.2 Å². The maximum absolute atomic E-state index is 12.9. The van der Waals surface area contributed by atoms with Crippen LogP contribution >= 0.6 is 11.3 Å². The first-order chi connectivity index (χ1) is 10.2. The number of amides is 1. The fourth-order valence-electron chi connectivity index (χ4n) is 2.29. The molecule has 0 saturated carbocycles. The van der Waals surface area contributed by atoms with Gasteiger partial charge in [-0.15, -0.1) is 11.3 Å². The summed E-state index contributed by atoms with van der Waals surface area (Å²) >= 11 is 1.48.